The molecule has 33 heavy (non-hydrogen) atoms. The van der Waals surface area contributed by atoms with Crippen molar-refractivity contribution in [2.24, 2.45) is 0 Å². The Morgan fingerprint density at radius 2 is 1.79 bits per heavy atom. The van der Waals surface area contributed by atoms with Crippen molar-refractivity contribution in [1.82, 2.24) is 4.31 Å². The van der Waals surface area contributed by atoms with Crippen LogP contribution in [0.1, 0.15) is 29.3 Å². The van der Waals surface area contributed by atoms with Crippen LogP contribution in [0.2, 0.25) is 0 Å². The van der Waals surface area contributed by atoms with Crippen LogP contribution in [-0.4, -0.2) is 64.1 Å². The van der Waals surface area contributed by atoms with Crippen molar-refractivity contribution in [2.45, 2.75) is 25.2 Å². The molecule has 2 aromatic rings. The third kappa shape index (κ3) is 6.53. The van der Waals surface area contributed by atoms with E-state index in [4.69, 9.17) is 14.2 Å². The molecule has 9 nitrogen and oxygen atoms in total. The van der Waals surface area contributed by atoms with Gasteiger partial charge >= 0.3 is 5.97 Å². The maximum Gasteiger partial charge on any atom is 0.338 e. The lowest BCUT2D eigenvalue weighted by Gasteiger charge is -2.26. The number of carbonyl (C=O) groups excluding carboxylic acids is 2. The molecule has 0 atom stereocenters. The van der Waals surface area contributed by atoms with E-state index in [1.807, 2.05) is 6.92 Å². The summed E-state index contributed by atoms with van der Waals surface area (Å²) < 4.78 is 42.9. The number of hydrogen-bond donors (Lipinski definition) is 1. The van der Waals surface area contributed by atoms with Gasteiger partial charge in [-0.1, -0.05) is 13.0 Å². The maximum absolute atomic E-state index is 12.9. The molecule has 1 saturated heterocycles. The largest absolute Gasteiger partial charge is 0.494 e. The van der Waals surface area contributed by atoms with E-state index in [-0.39, 0.29) is 18.0 Å². The summed E-state index contributed by atoms with van der Waals surface area (Å²) in [6.07, 6.45) is 0.875. The molecule has 3 rings (SSSR count). The zero-order valence-electron chi connectivity index (χ0n) is 18.7. The Morgan fingerprint density at radius 1 is 1.09 bits per heavy atom. The Hall–Kier alpha value is -2.95. The molecule has 0 aromatic heterocycles. The van der Waals surface area contributed by atoms with Gasteiger partial charge in [0.1, 0.15) is 5.75 Å². The standard InChI is InChI=1S/C23H28N2O7S/c1-3-12-31-19-7-5-18(6-8-19)23(27)32-16-22(26)24-21-15-20(9-4-17(21)2)33(28,29)25-10-13-30-14-11-25/h4-9,15H,3,10-14,16H2,1-2H3,(H,24,26). The van der Waals surface area contributed by atoms with Crippen molar-refractivity contribution in [3.63, 3.8) is 0 Å². The average molecular weight is 477 g/mol. The Morgan fingerprint density at radius 3 is 2.45 bits per heavy atom. The summed E-state index contributed by atoms with van der Waals surface area (Å²) in [6, 6.07) is 11.0. The number of aryl methyl sites for hydroxylation is 1. The van der Waals surface area contributed by atoms with Crippen molar-refractivity contribution in [2.75, 3.05) is 44.8 Å². The minimum absolute atomic E-state index is 0.0766. The Kier molecular flexibility index (Phi) is 8.43. The fourth-order valence-corrected chi connectivity index (χ4v) is 4.57. The van der Waals surface area contributed by atoms with Crippen LogP contribution in [0.25, 0.3) is 0 Å². The second-order valence-electron chi connectivity index (χ2n) is 7.49. The summed E-state index contributed by atoms with van der Waals surface area (Å²) >= 11 is 0. The number of morpholine rings is 1. The molecule has 10 heteroatoms. The van der Waals surface area contributed by atoms with Crippen molar-refractivity contribution >= 4 is 27.6 Å². The number of benzene rings is 2. The van der Waals surface area contributed by atoms with Crippen LogP contribution >= 0.6 is 0 Å². The number of carbonyl (C=O) groups is 2. The summed E-state index contributed by atoms with van der Waals surface area (Å²) in [6.45, 7) is 5.06. The summed E-state index contributed by atoms with van der Waals surface area (Å²) in [5.41, 5.74) is 1.31. The molecule has 1 N–H and O–H groups in total. The molecule has 0 bridgehead atoms. The number of hydrogen-bond acceptors (Lipinski definition) is 7. The number of sulfonamides is 1. The van der Waals surface area contributed by atoms with Gasteiger partial charge in [0.15, 0.2) is 6.61 Å². The van der Waals surface area contributed by atoms with E-state index in [9.17, 15) is 18.0 Å². The van der Waals surface area contributed by atoms with E-state index in [1.165, 1.54) is 16.4 Å². The first kappa shape index (κ1) is 24.7. The molecule has 0 unspecified atom stereocenters. The number of amides is 1. The Balaban J connectivity index is 1.59. The second kappa shape index (κ2) is 11.3. The number of nitrogens with zero attached hydrogens (tertiary/aromatic N) is 1. The summed E-state index contributed by atoms with van der Waals surface area (Å²) in [5.74, 6) is -0.573. The number of esters is 1. The number of anilines is 1. The molecule has 0 aliphatic carbocycles. The molecule has 1 aliphatic rings. The van der Waals surface area contributed by atoms with E-state index in [0.717, 1.165) is 6.42 Å². The van der Waals surface area contributed by atoms with Gasteiger partial charge in [0, 0.05) is 18.8 Å². The van der Waals surface area contributed by atoms with Crippen LogP contribution in [0.15, 0.2) is 47.4 Å². The van der Waals surface area contributed by atoms with Crippen LogP contribution in [0, 0.1) is 6.92 Å². The van der Waals surface area contributed by atoms with Gasteiger partial charge < -0.3 is 19.5 Å². The third-order valence-corrected chi connectivity index (χ3v) is 6.88. The second-order valence-corrected chi connectivity index (χ2v) is 9.43. The molecule has 0 saturated carbocycles. The first-order valence-corrected chi connectivity index (χ1v) is 12.1. The van der Waals surface area contributed by atoms with Gasteiger partial charge in [-0.2, -0.15) is 4.31 Å². The van der Waals surface area contributed by atoms with Gasteiger partial charge in [0.05, 0.1) is 30.3 Å². The van der Waals surface area contributed by atoms with Crippen LogP contribution in [0.5, 0.6) is 5.75 Å². The quantitative estimate of drug-likeness (QED) is 0.554. The molecule has 0 radical (unpaired) electrons. The fourth-order valence-electron chi connectivity index (χ4n) is 3.14. The molecule has 1 fully saturated rings. The molecule has 0 spiro atoms. The van der Waals surface area contributed by atoms with Crippen molar-refractivity contribution < 1.29 is 32.2 Å². The first-order chi connectivity index (χ1) is 15.8. The highest BCUT2D eigenvalue weighted by atomic mass is 32.2. The first-order valence-electron chi connectivity index (χ1n) is 10.7. The van der Waals surface area contributed by atoms with Crippen molar-refractivity contribution in [3.8, 4) is 5.75 Å². The van der Waals surface area contributed by atoms with Gasteiger partial charge in [0.2, 0.25) is 10.0 Å². The van der Waals surface area contributed by atoms with Crippen LogP contribution in [0.3, 0.4) is 0 Å². The predicted octanol–water partition coefficient (Wildman–Crippen LogP) is 2.60. The van der Waals surface area contributed by atoms with Crippen molar-refractivity contribution in [3.05, 3.63) is 53.6 Å². The highest BCUT2D eigenvalue weighted by Gasteiger charge is 2.27. The lowest BCUT2D eigenvalue weighted by atomic mass is 10.2. The lowest BCUT2D eigenvalue weighted by molar-refractivity contribution is -0.119. The van der Waals surface area contributed by atoms with Gasteiger partial charge in [-0.3, -0.25) is 4.79 Å². The van der Waals surface area contributed by atoms with Crippen LogP contribution in [0.4, 0.5) is 5.69 Å². The van der Waals surface area contributed by atoms with Gasteiger partial charge in [-0.05, 0) is 55.3 Å². The summed E-state index contributed by atoms with van der Waals surface area (Å²) in [5, 5.41) is 2.62. The topological polar surface area (TPSA) is 111 Å². The highest BCUT2D eigenvalue weighted by Crippen LogP contribution is 2.23. The molecule has 1 heterocycles. The predicted molar refractivity (Wildman–Crippen MR) is 122 cm³/mol. The Bertz CT molecular complexity index is 1080. The third-order valence-electron chi connectivity index (χ3n) is 4.99. The SMILES string of the molecule is CCCOc1ccc(C(=O)OCC(=O)Nc2cc(S(=O)(=O)N3CCOCC3)ccc2C)cc1. The number of rotatable bonds is 9. The zero-order chi connectivity index (χ0) is 23.8. The van der Waals surface area contributed by atoms with Crippen molar-refractivity contribution in [1.29, 1.82) is 0 Å². The van der Waals surface area contributed by atoms with E-state index in [1.54, 1.807) is 37.3 Å². The van der Waals surface area contributed by atoms with E-state index in [2.05, 4.69) is 5.32 Å². The highest BCUT2D eigenvalue weighted by molar-refractivity contribution is 7.89. The van der Waals surface area contributed by atoms with E-state index in [0.29, 0.717) is 42.4 Å². The minimum atomic E-state index is -3.70. The van der Waals surface area contributed by atoms with Gasteiger partial charge in [-0.15, -0.1) is 0 Å². The molecular formula is C23H28N2O7S. The van der Waals surface area contributed by atoms with Crippen LogP contribution < -0.4 is 10.1 Å². The van der Waals surface area contributed by atoms with Crippen LogP contribution in [-0.2, 0) is 24.3 Å². The number of ether oxygens (including phenoxy) is 3. The van der Waals surface area contributed by atoms with E-state index >= 15 is 0 Å². The Labute approximate surface area is 193 Å². The fraction of sp³-hybridized carbons (Fsp3) is 0.391. The summed E-state index contributed by atoms with van der Waals surface area (Å²) in [4.78, 5) is 24.6. The lowest BCUT2D eigenvalue weighted by Crippen LogP contribution is -2.40. The molecule has 1 amide bonds. The zero-order valence-corrected chi connectivity index (χ0v) is 19.5. The van der Waals surface area contributed by atoms with E-state index < -0.39 is 28.5 Å². The molecular weight excluding hydrogens is 448 g/mol. The number of nitrogens with one attached hydrogen (secondary N) is 1. The maximum atomic E-state index is 12.9. The van der Waals surface area contributed by atoms with Gasteiger partial charge in [0.25, 0.3) is 5.91 Å². The molecule has 178 valence electrons. The minimum Gasteiger partial charge on any atom is -0.494 e. The monoisotopic (exact) mass is 476 g/mol. The van der Waals surface area contributed by atoms with Gasteiger partial charge in [-0.25, -0.2) is 13.2 Å². The smallest absolute Gasteiger partial charge is 0.338 e. The average Bonchev–Trinajstić information content (AvgIpc) is 2.83. The normalized spacial score (nSPS) is 14.5. The summed E-state index contributed by atoms with van der Waals surface area (Å²) in [7, 11) is -3.70. The molecule has 2 aromatic carbocycles. The molecule has 1 aliphatic heterocycles.